The van der Waals surface area contributed by atoms with Gasteiger partial charge in [-0.2, -0.15) is 5.26 Å². The SMILES string of the molecule is C=CCn1c(SCC(=O)OCC#N)nnc1-c1ccc(Cl)cc1Cl. The smallest absolute Gasteiger partial charge is 0.317 e. The van der Waals surface area contributed by atoms with Gasteiger partial charge < -0.3 is 4.74 Å². The lowest BCUT2D eigenvalue weighted by molar-refractivity contribution is -0.139. The minimum atomic E-state index is -0.499. The first-order chi connectivity index (χ1) is 11.6. The lowest BCUT2D eigenvalue weighted by atomic mass is 10.2. The second kappa shape index (κ2) is 8.73. The molecule has 9 heteroatoms. The first-order valence-electron chi connectivity index (χ1n) is 6.71. The molecule has 24 heavy (non-hydrogen) atoms. The molecule has 6 nitrogen and oxygen atoms in total. The predicted molar refractivity (Wildman–Crippen MR) is 93.0 cm³/mol. The zero-order chi connectivity index (χ0) is 17.5. The molecule has 0 bridgehead atoms. The van der Waals surface area contributed by atoms with Crippen LogP contribution in [0.1, 0.15) is 0 Å². The molecule has 0 saturated heterocycles. The summed E-state index contributed by atoms with van der Waals surface area (Å²) in [5.74, 6) is 0.0657. The van der Waals surface area contributed by atoms with Crippen molar-refractivity contribution in [3.05, 3.63) is 40.9 Å². The molecule has 1 heterocycles. The van der Waals surface area contributed by atoms with Gasteiger partial charge in [0.25, 0.3) is 0 Å². The Bertz CT molecular complexity index is 801. The average Bonchev–Trinajstić information content (AvgIpc) is 2.94. The summed E-state index contributed by atoms with van der Waals surface area (Å²) in [6.07, 6.45) is 1.69. The summed E-state index contributed by atoms with van der Waals surface area (Å²) < 4.78 is 6.48. The number of nitriles is 1. The molecule has 1 aromatic heterocycles. The van der Waals surface area contributed by atoms with Crippen LogP contribution in [0.2, 0.25) is 10.0 Å². The molecule has 0 atom stereocenters. The maximum absolute atomic E-state index is 11.5. The van der Waals surface area contributed by atoms with Crippen molar-refractivity contribution in [1.29, 1.82) is 5.26 Å². The fraction of sp³-hybridized carbons (Fsp3) is 0.200. The number of carbonyl (C=O) groups excluding carboxylic acids is 1. The number of benzene rings is 1. The molecule has 0 N–H and O–H groups in total. The molecule has 0 saturated carbocycles. The molecule has 2 aromatic rings. The summed E-state index contributed by atoms with van der Waals surface area (Å²) in [4.78, 5) is 11.5. The van der Waals surface area contributed by atoms with Crippen molar-refractivity contribution < 1.29 is 9.53 Å². The largest absolute Gasteiger partial charge is 0.450 e. The van der Waals surface area contributed by atoms with Crippen LogP contribution in [0.3, 0.4) is 0 Å². The molecule has 0 aliphatic heterocycles. The Morgan fingerprint density at radius 3 is 2.92 bits per heavy atom. The normalized spacial score (nSPS) is 10.2. The number of halogens is 2. The topological polar surface area (TPSA) is 80.8 Å². The van der Waals surface area contributed by atoms with Crippen LogP contribution < -0.4 is 0 Å². The van der Waals surface area contributed by atoms with Crippen LogP contribution >= 0.6 is 35.0 Å². The van der Waals surface area contributed by atoms with Crippen LogP contribution in [0.15, 0.2) is 36.0 Å². The second-order valence-corrected chi connectivity index (χ2v) is 6.22. The number of thioether (sulfide) groups is 1. The van der Waals surface area contributed by atoms with Crippen LogP contribution in [0.25, 0.3) is 11.4 Å². The van der Waals surface area contributed by atoms with E-state index in [4.69, 9.17) is 33.2 Å². The zero-order valence-electron chi connectivity index (χ0n) is 12.4. The molecule has 0 unspecified atom stereocenters. The Balaban J connectivity index is 2.25. The van der Waals surface area contributed by atoms with Gasteiger partial charge in [0.2, 0.25) is 0 Å². The number of nitrogens with zero attached hydrogens (tertiary/aromatic N) is 4. The Morgan fingerprint density at radius 2 is 2.25 bits per heavy atom. The fourth-order valence-electron chi connectivity index (χ4n) is 1.84. The third-order valence-corrected chi connectivity index (χ3v) is 4.31. The van der Waals surface area contributed by atoms with E-state index in [0.717, 1.165) is 11.8 Å². The minimum Gasteiger partial charge on any atom is -0.450 e. The Hall–Kier alpha value is -2.01. The van der Waals surface area contributed by atoms with E-state index in [2.05, 4.69) is 16.8 Å². The van der Waals surface area contributed by atoms with Crippen LogP contribution in [0.5, 0.6) is 0 Å². The average molecular weight is 383 g/mol. The highest BCUT2D eigenvalue weighted by molar-refractivity contribution is 7.99. The van der Waals surface area contributed by atoms with Crippen LogP contribution in [0, 0.1) is 11.3 Å². The van der Waals surface area contributed by atoms with E-state index in [1.54, 1.807) is 34.9 Å². The van der Waals surface area contributed by atoms with E-state index < -0.39 is 5.97 Å². The molecule has 0 spiro atoms. The van der Waals surface area contributed by atoms with Crippen molar-refractivity contribution in [3.63, 3.8) is 0 Å². The van der Waals surface area contributed by atoms with Gasteiger partial charge >= 0.3 is 5.97 Å². The van der Waals surface area contributed by atoms with Crippen LogP contribution in [-0.2, 0) is 16.1 Å². The second-order valence-electron chi connectivity index (χ2n) is 4.44. The van der Waals surface area contributed by atoms with Gasteiger partial charge in [-0.05, 0) is 18.2 Å². The third-order valence-electron chi connectivity index (χ3n) is 2.82. The van der Waals surface area contributed by atoms with Gasteiger partial charge in [-0.25, -0.2) is 0 Å². The summed E-state index contributed by atoms with van der Waals surface area (Å²) in [7, 11) is 0. The van der Waals surface area contributed by atoms with E-state index in [1.807, 2.05) is 0 Å². The molecule has 0 radical (unpaired) electrons. The summed E-state index contributed by atoms with van der Waals surface area (Å²) >= 11 is 13.3. The maximum atomic E-state index is 11.5. The summed E-state index contributed by atoms with van der Waals surface area (Å²) in [6, 6.07) is 6.83. The number of esters is 1. The third kappa shape index (κ3) is 4.51. The minimum absolute atomic E-state index is 0.0192. The lowest BCUT2D eigenvalue weighted by Crippen LogP contribution is -2.09. The standard InChI is InChI=1S/C15H12Cl2N4O2S/c1-2-6-21-14(11-4-3-10(16)8-12(11)17)19-20-15(21)24-9-13(22)23-7-5-18/h2-4,8H,1,6-7,9H2. The van der Waals surface area contributed by atoms with Crippen molar-refractivity contribution in [2.75, 3.05) is 12.4 Å². The Labute approximate surface area is 153 Å². The molecule has 0 aliphatic rings. The van der Waals surface area contributed by atoms with Gasteiger partial charge in [-0.1, -0.05) is 41.0 Å². The van der Waals surface area contributed by atoms with Gasteiger partial charge in [0.1, 0.15) is 6.07 Å². The van der Waals surface area contributed by atoms with Gasteiger partial charge in [-0.3, -0.25) is 9.36 Å². The number of ether oxygens (including phenoxy) is 1. The number of rotatable bonds is 7. The van der Waals surface area contributed by atoms with E-state index >= 15 is 0 Å². The van der Waals surface area contributed by atoms with Crippen molar-refractivity contribution in [1.82, 2.24) is 14.8 Å². The Kier molecular flexibility index (Phi) is 6.67. The maximum Gasteiger partial charge on any atom is 0.317 e. The van der Waals surface area contributed by atoms with Crippen LogP contribution in [-0.4, -0.2) is 33.1 Å². The van der Waals surface area contributed by atoms with Gasteiger partial charge in [0.15, 0.2) is 17.6 Å². The first-order valence-corrected chi connectivity index (χ1v) is 8.46. The molecule has 0 fully saturated rings. The highest BCUT2D eigenvalue weighted by Gasteiger charge is 2.17. The first kappa shape index (κ1) is 18.3. The molecular weight excluding hydrogens is 371 g/mol. The van der Waals surface area contributed by atoms with Gasteiger partial charge in [-0.15, -0.1) is 16.8 Å². The number of hydrogen-bond acceptors (Lipinski definition) is 6. The highest BCUT2D eigenvalue weighted by Crippen LogP contribution is 2.31. The lowest BCUT2D eigenvalue weighted by Gasteiger charge is -2.09. The quantitative estimate of drug-likeness (QED) is 0.413. The van der Waals surface area contributed by atoms with Crippen molar-refractivity contribution in [3.8, 4) is 17.5 Å². The predicted octanol–water partition coefficient (Wildman–Crippen LogP) is 3.60. The van der Waals surface area contributed by atoms with Crippen molar-refractivity contribution >= 4 is 40.9 Å². The van der Waals surface area contributed by atoms with Gasteiger partial charge in [0.05, 0.1) is 10.8 Å². The van der Waals surface area contributed by atoms with E-state index in [-0.39, 0.29) is 12.4 Å². The van der Waals surface area contributed by atoms with Crippen molar-refractivity contribution in [2.45, 2.75) is 11.7 Å². The fourth-order valence-corrected chi connectivity index (χ4v) is 3.08. The highest BCUT2D eigenvalue weighted by atomic mass is 35.5. The van der Waals surface area contributed by atoms with E-state index in [1.165, 1.54) is 0 Å². The molecule has 1 aromatic carbocycles. The molecular formula is C15H12Cl2N4O2S. The number of hydrogen-bond donors (Lipinski definition) is 0. The monoisotopic (exact) mass is 382 g/mol. The number of allylic oxidation sites excluding steroid dienone is 1. The summed E-state index contributed by atoms with van der Waals surface area (Å²) in [5, 5.41) is 18.1. The van der Waals surface area contributed by atoms with Crippen molar-refractivity contribution in [2.24, 2.45) is 0 Å². The van der Waals surface area contributed by atoms with E-state index in [9.17, 15) is 4.79 Å². The number of aromatic nitrogens is 3. The Morgan fingerprint density at radius 1 is 1.46 bits per heavy atom. The zero-order valence-corrected chi connectivity index (χ0v) is 14.7. The molecule has 0 aliphatic carbocycles. The summed E-state index contributed by atoms with van der Waals surface area (Å²) in [6.45, 7) is 3.88. The molecule has 124 valence electrons. The summed E-state index contributed by atoms with van der Waals surface area (Å²) in [5.41, 5.74) is 0.675. The molecule has 2 rings (SSSR count). The molecule has 0 amide bonds. The van der Waals surface area contributed by atoms with Crippen LogP contribution in [0.4, 0.5) is 0 Å². The van der Waals surface area contributed by atoms with E-state index in [0.29, 0.717) is 33.1 Å². The number of carbonyl (C=O) groups is 1. The van der Waals surface area contributed by atoms with Gasteiger partial charge in [0, 0.05) is 17.1 Å².